The van der Waals surface area contributed by atoms with Crippen LogP contribution in [0.3, 0.4) is 0 Å². The maximum Gasteiger partial charge on any atom is 0.225 e. The van der Waals surface area contributed by atoms with Crippen molar-refractivity contribution < 1.29 is 9.59 Å². The first-order valence-corrected chi connectivity index (χ1v) is 9.07. The van der Waals surface area contributed by atoms with Crippen molar-refractivity contribution in [2.24, 2.45) is 5.92 Å². The van der Waals surface area contributed by atoms with E-state index in [9.17, 15) is 9.59 Å². The van der Waals surface area contributed by atoms with E-state index in [0.29, 0.717) is 19.6 Å². The molecule has 132 valence electrons. The van der Waals surface area contributed by atoms with Gasteiger partial charge in [0.1, 0.15) is 11.0 Å². The predicted octanol–water partition coefficient (Wildman–Crippen LogP) is 1.75. The van der Waals surface area contributed by atoms with E-state index in [1.807, 2.05) is 30.3 Å². The number of hydrogen-bond acceptors (Lipinski definition) is 6. The molecule has 1 atom stereocenters. The van der Waals surface area contributed by atoms with Crippen LogP contribution in [0.4, 0.5) is 0 Å². The topological polar surface area (TPSA) is 88.1 Å². The number of carbonyl (C=O) groups excluding carboxylic acids is 2. The van der Waals surface area contributed by atoms with Crippen LogP contribution >= 0.6 is 11.7 Å². The number of pyridine rings is 1. The molecule has 0 spiro atoms. The highest BCUT2D eigenvalue weighted by molar-refractivity contribution is 7.00. The predicted molar refractivity (Wildman–Crippen MR) is 97.0 cm³/mol. The van der Waals surface area contributed by atoms with Gasteiger partial charge >= 0.3 is 0 Å². The number of carbonyl (C=O) groups is 2. The Balaban J connectivity index is 1.34. The SMILES string of the molecule is O=C(NCc1ccc2nsnc2c1)[C@H]1CC(=O)N(Cc2cccnc2)C1. The van der Waals surface area contributed by atoms with Gasteiger partial charge in [0.15, 0.2) is 0 Å². The van der Waals surface area contributed by atoms with Crippen molar-refractivity contribution in [3.63, 3.8) is 0 Å². The normalized spacial score (nSPS) is 17.0. The van der Waals surface area contributed by atoms with Crippen LogP contribution in [-0.4, -0.2) is 37.0 Å². The van der Waals surface area contributed by atoms with Crippen molar-refractivity contribution in [2.45, 2.75) is 19.5 Å². The van der Waals surface area contributed by atoms with E-state index in [0.717, 1.165) is 22.2 Å². The van der Waals surface area contributed by atoms with E-state index in [2.05, 4.69) is 19.0 Å². The zero-order valence-electron chi connectivity index (χ0n) is 14.0. The average molecular weight is 367 g/mol. The summed E-state index contributed by atoms with van der Waals surface area (Å²) in [5, 5.41) is 2.93. The highest BCUT2D eigenvalue weighted by atomic mass is 32.1. The standard InChI is InChI=1S/C18H17N5O2S/c24-17-7-14(11-23(17)10-13-2-1-5-19-8-13)18(25)20-9-12-3-4-15-16(6-12)22-26-21-15/h1-6,8,14H,7,9-11H2,(H,20,25)/t14-/m0/s1. The second-order valence-corrected chi connectivity index (χ2v) is 6.87. The molecule has 0 saturated carbocycles. The van der Waals surface area contributed by atoms with Crippen molar-refractivity contribution in [3.8, 4) is 0 Å². The fourth-order valence-electron chi connectivity index (χ4n) is 3.08. The molecule has 3 heterocycles. The summed E-state index contributed by atoms with van der Waals surface area (Å²) >= 11 is 1.17. The third kappa shape index (κ3) is 3.55. The summed E-state index contributed by atoms with van der Waals surface area (Å²) in [6.07, 6.45) is 3.69. The van der Waals surface area contributed by atoms with Crippen LogP contribution in [0.5, 0.6) is 0 Å². The quantitative estimate of drug-likeness (QED) is 0.742. The molecule has 2 amide bonds. The van der Waals surface area contributed by atoms with Crippen LogP contribution in [0.1, 0.15) is 17.5 Å². The number of rotatable bonds is 5. The second kappa shape index (κ2) is 7.17. The van der Waals surface area contributed by atoms with Crippen LogP contribution in [0.2, 0.25) is 0 Å². The zero-order chi connectivity index (χ0) is 17.9. The first-order chi connectivity index (χ1) is 12.7. The molecule has 2 aromatic heterocycles. The molecule has 26 heavy (non-hydrogen) atoms. The lowest BCUT2D eigenvalue weighted by Crippen LogP contribution is -2.32. The highest BCUT2D eigenvalue weighted by Crippen LogP contribution is 2.20. The Kier molecular flexibility index (Phi) is 4.57. The van der Waals surface area contributed by atoms with Gasteiger partial charge in [-0.3, -0.25) is 14.6 Å². The minimum absolute atomic E-state index is 0.00368. The molecule has 1 aromatic carbocycles. The van der Waals surface area contributed by atoms with E-state index < -0.39 is 0 Å². The Morgan fingerprint density at radius 1 is 1.23 bits per heavy atom. The molecule has 1 N–H and O–H groups in total. The van der Waals surface area contributed by atoms with Crippen molar-refractivity contribution in [1.82, 2.24) is 23.9 Å². The molecule has 8 heteroatoms. The van der Waals surface area contributed by atoms with Gasteiger partial charge in [-0.05, 0) is 29.3 Å². The van der Waals surface area contributed by atoms with Gasteiger partial charge in [0.2, 0.25) is 11.8 Å². The zero-order valence-corrected chi connectivity index (χ0v) is 14.8. The Labute approximate surface area is 154 Å². The molecule has 0 bridgehead atoms. The molecule has 3 aromatic rings. The molecular formula is C18H17N5O2S. The molecule has 1 saturated heterocycles. The van der Waals surface area contributed by atoms with Gasteiger partial charge in [-0.1, -0.05) is 12.1 Å². The summed E-state index contributed by atoms with van der Waals surface area (Å²) in [5.41, 5.74) is 3.63. The van der Waals surface area contributed by atoms with Crippen molar-refractivity contribution in [1.29, 1.82) is 0 Å². The Morgan fingerprint density at radius 2 is 2.12 bits per heavy atom. The summed E-state index contributed by atoms with van der Waals surface area (Å²) in [5.74, 6) is -0.406. The Morgan fingerprint density at radius 3 is 2.96 bits per heavy atom. The van der Waals surface area contributed by atoms with Crippen LogP contribution in [0.15, 0.2) is 42.7 Å². The van der Waals surface area contributed by atoms with Gasteiger partial charge in [-0.25, -0.2) is 0 Å². The lowest BCUT2D eigenvalue weighted by molar-refractivity contribution is -0.129. The number of likely N-dealkylation sites (tertiary alicyclic amines) is 1. The van der Waals surface area contributed by atoms with Crippen LogP contribution in [0, 0.1) is 5.92 Å². The largest absolute Gasteiger partial charge is 0.352 e. The van der Waals surface area contributed by atoms with Gasteiger partial charge in [0.25, 0.3) is 0 Å². The lowest BCUT2D eigenvalue weighted by Gasteiger charge is -2.16. The monoisotopic (exact) mass is 367 g/mol. The van der Waals surface area contributed by atoms with E-state index in [1.165, 1.54) is 11.7 Å². The molecular weight excluding hydrogens is 350 g/mol. The molecule has 0 aliphatic carbocycles. The van der Waals surface area contributed by atoms with E-state index in [-0.39, 0.29) is 24.2 Å². The van der Waals surface area contributed by atoms with Gasteiger partial charge in [0.05, 0.1) is 17.6 Å². The van der Waals surface area contributed by atoms with Gasteiger partial charge in [-0.2, -0.15) is 8.75 Å². The van der Waals surface area contributed by atoms with E-state index in [4.69, 9.17) is 0 Å². The maximum absolute atomic E-state index is 12.4. The number of nitrogens with zero attached hydrogens (tertiary/aromatic N) is 4. The van der Waals surface area contributed by atoms with Gasteiger partial charge in [0, 0.05) is 38.4 Å². The van der Waals surface area contributed by atoms with Crippen LogP contribution in [0.25, 0.3) is 11.0 Å². The molecule has 0 unspecified atom stereocenters. The first-order valence-electron chi connectivity index (χ1n) is 8.34. The number of fused-ring (bicyclic) bond motifs is 1. The fourth-order valence-corrected chi connectivity index (χ4v) is 3.60. The summed E-state index contributed by atoms with van der Waals surface area (Å²) < 4.78 is 8.37. The van der Waals surface area contributed by atoms with E-state index >= 15 is 0 Å². The number of hydrogen-bond donors (Lipinski definition) is 1. The van der Waals surface area contributed by atoms with Crippen molar-refractivity contribution in [2.75, 3.05) is 6.54 Å². The first kappa shape index (κ1) is 16.6. The third-order valence-corrected chi connectivity index (χ3v) is 5.02. The Hall–Kier alpha value is -2.87. The summed E-state index contributed by atoms with van der Waals surface area (Å²) in [4.78, 5) is 30.4. The molecule has 7 nitrogen and oxygen atoms in total. The molecule has 1 aliphatic rings. The van der Waals surface area contributed by atoms with Crippen LogP contribution in [-0.2, 0) is 22.7 Å². The highest BCUT2D eigenvalue weighted by Gasteiger charge is 2.34. The van der Waals surface area contributed by atoms with E-state index in [1.54, 1.807) is 17.3 Å². The molecule has 4 rings (SSSR count). The summed E-state index contributed by atoms with van der Waals surface area (Å²) in [6, 6.07) is 9.52. The van der Waals surface area contributed by atoms with Gasteiger partial charge < -0.3 is 10.2 Å². The summed E-state index contributed by atoms with van der Waals surface area (Å²) in [6.45, 7) is 1.35. The van der Waals surface area contributed by atoms with Crippen LogP contribution < -0.4 is 5.32 Å². The average Bonchev–Trinajstić information content (AvgIpc) is 3.27. The smallest absolute Gasteiger partial charge is 0.225 e. The second-order valence-electron chi connectivity index (χ2n) is 6.34. The minimum Gasteiger partial charge on any atom is -0.352 e. The molecule has 0 radical (unpaired) electrons. The number of aromatic nitrogens is 3. The van der Waals surface area contributed by atoms with Gasteiger partial charge in [-0.15, -0.1) is 0 Å². The molecule has 1 fully saturated rings. The third-order valence-electron chi connectivity index (χ3n) is 4.47. The maximum atomic E-state index is 12.4. The Bertz CT molecular complexity index is 943. The number of benzene rings is 1. The van der Waals surface area contributed by atoms with Crippen molar-refractivity contribution >= 4 is 34.6 Å². The minimum atomic E-state index is -0.316. The number of nitrogens with one attached hydrogen (secondary N) is 1. The van der Waals surface area contributed by atoms with Crippen molar-refractivity contribution in [3.05, 3.63) is 53.9 Å². The fraction of sp³-hybridized carbons (Fsp3) is 0.278. The molecule has 1 aliphatic heterocycles. The lowest BCUT2D eigenvalue weighted by atomic mass is 10.1. The summed E-state index contributed by atoms with van der Waals surface area (Å²) in [7, 11) is 0. The number of amides is 2.